The number of hydrogen-bond donors (Lipinski definition) is 0. The Morgan fingerprint density at radius 2 is 1.60 bits per heavy atom. The summed E-state index contributed by atoms with van der Waals surface area (Å²) in [4.78, 5) is 36.2. The van der Waals surface area contributed by atoms with E-state index in [-0.39, 0.29) is 18.7 Å². The van der Waals surface area contributed by atoms with E-state index >= 15 is 0 Å². The van der Waals surface area contributed by atoms with Crippen LogP contribution in [-0.4, -0.2) is 60.4 Å². The summed E-state index contributed by atoms with van der Waals surface area (Å²) in [5.41, 5.74) is -2.73. The first-order chi connectivity index (χ1) is 11.8. The molecule has 0 N–H and O–H groups in total. The second kappa shape index (κ2) is 12.5. The van der Waals surface area contributed by atoms with Crippen molar-refractivity contribution in [3.8, 4) is 0 Å². The van der Waals surface area contributed by atoms with Crippen LogP contribution < -0.4 is 0 Å². The maximum absolute atomic E-state index is 12.7. The number of rotatable bonds is 11. The van der Waals surface area contributed by atoms with Gasteiger partial charge in [0.05, 0.1) is 20.6 Å². The van der Waals surface area contributed by atoms with Gasteiger partial charge in [0.1, 0.15) is 0 Å². The Hall–Kier alpha value is -0.790. The molecule has 0 rings (SSSR count). The molecule has 10 heteroatoms. The van der Waals surface area contributed by atoms with Crippen molar-refractivity contribution in [3.63, 3.8) is 0 Å². The molecule has 0 fully saturated rings. The lowest BCUT2D eigenvalue weighted by Gasteiger charge is -2.40. The number of carbonyl (C=O) groups is 3. The molecule has 1 atom stereocenters. The lowest BCUT2D eigenvalue weighted by atomic mass is 10.3. The number of methoxy groups -OCH3 is 2. The van der Waals surface area contributed by atoms with Gasteiger partial charge in [0.2, 0.25) is 5.91 Å². The molecule has 146 valence electrons. The second-order valence-corrected chi connectivity index (χ2v) is 12.2. The summed E-state index contributed by atoms with van der Waals surface area (Å²) in [7, 11) is 2.59. The summed E-state index contributed by atoms with van der Waals surface area (Å²) in [6.45, 7) is 6.42. The predicted octanol–water partition coefficient (Wildman–Crippen LogP) is 3.63. The van der Waals surface area contributed by atoms with Crippen LogP contribution in [0.25, 0.3) is 0 Å². The fourth-order valence-electron chi connectivity index (χ4n) is 2.05. The van der Waals surface area contributed by atoms with Crippen LogP contribution in [0.1, 0.15) is 46.5 Å². The third-order valence-corrected chi connectivity index (χ3v) is 11.3. The topological polar surface area (TPSA) is 76.2 Å². The van der Waals surface area contributed by atoms with E-state index in [1.54, 1.807) is 4.67 Å². The molecule has 25 heavy (non-hydrogen) atoms. The van der Waals surface area contributed by atoms with E-state index in [9.17, 15) is 14.4 Å². The Labute approximate surface area is 159 Å². The molecule has 0 aliphatic carbocycles. The molecular formula is C15H29N2O5PS2. The lowest BCUT2D eigenvalue weighted by molar-refractivity contribution is -0.142. The predicted molar refractivity (Wildman–Crippen MR) is 105 cm³/mol. The maximum atomic E-state index is 12.7. The summed E-state index contributed by atoms with van der Waals surface area (Å²) in [6, 6.07) is 0. The van der Waals surface area contributed by atoms with Crippen LogP contribution >= 0.6 is 16.9 Å². The van der Waals surface area contributed by atoms with Crippen LogP contribution in [0.5, 0.6) is 0 Å². The van der Waals surface area contributed by atoms with Crippen molar-refractivity contribution in [3.05, 3.63) is 0 Å². The van der Waals surface area contributed by atoms with Crippen molar-refractivity contribution in [2.45, 2.75) is 46.5 Å². The number of ether oxygens (including phenoxy) is 2. The molecule has 0 aromatic carbocycles. The fourth-order valence-corrected chi connectivity index (χ4v) is 9.57. The van der Waals surface area contributed by atoms with Crippen LogP contribution in [0.15, 0.2) is 0 Å². The van der Waals surface area contributed by atoms with Gasteiger partial charge in [-0.05, 0) is 32.1 Å². The number of carbonyl (C=O) groups excluding carboxylic acids is 3. The molecule has 0 radical (unpaired) electrons. The quantitative estimate of drug-likeness (QED) is 0.291. The highest BCUT2D eigenvalue weighted by atomic mass is 32.9. The van der Waals surface area contributed by atoms with Crippen molar-refractivity contribution in [1.29, 1.82) is 0 Å². The van der Waals surface area contributed by atoms with Crippen LogP contribution in [0.3, 0.4) is 0 Å². The summed E-state index contributed by atoms with van der Waals surface area (Å²) in [5.74, 6) is 0.0569. The van der Waals surface area contributed by atoms with Gasteiger partial charge in [-0.2, -0.15) is 0 Å². The molecule has 0 bridgehead atoms. The van der Waals surface area contributed by atoms with Gasteiger partial charge in [0, 0.05) is 25.3 Å². The molecule has 7 nitrogen and oxygen atoms in total. The minimum absolute atomic E-state index is 0.00592. The number of unbranched alkanes of at least 4 members (excludes halogenated alkanes) is 1. The van der Waals surface area contributed by atoms with Gasteiger partial charge in [-0.15, -0.1) is 0 Å². The standard InChI is InChI=1S/C15H29N2O5PS2/c1-6-9-12-25-23(24,17(8-3)15(20)22-5)16(7-2)13(18)10-11-14(19)21-4/h6-12H2,1-5H3. The van der Waals surface area contributed by atoms with Crippen LogP contribution in [0.4, 0.5) is 4.79 Å². The monoisotopic (exact) mass is 412 g/mol. The Kier molecular flexibility index (Phi) is 12.1. The Morgan fingerprint density at radius 1 is 1.00 bits per heavy atom. The number of nitrogens with zero attached hydrogens (tertiary/aromatic N) is 2. The Bertz CT molecular complexity index is 504. The van der Waals surface area contributed by atoms with Gasteiger partial charge >= 0.3 is 12.1 Å². The minimum atomic E-state index is -2.73. The number of esters is 1. The lowest BCUT2D eigenvalue weighted by Crippen LogP contribution is -2.37. The number of hydrogen-bond acceptors (Lipinski definition) is 7. The smallest absolute Gasteiger partial charge is 0.415 e. The normalized spacial score (nSPS) is 12.8. The zero-order valence-corrected chi connectivity index (χ0v) is 18.2. The molecule has 0 aromatic heterocycles. The minimum Gasteiger partial charge on any atom is -0.469 e. The molecule has 2 amide bonds. The highest BCUT2D eigenvalue weighted by Crippen LogP contribution is 2.65. The van der Waals surface area contributed by atoms with Gasteiger partial charge in [0.25, 0.3) is 0 Å². The van der Waals surface area contributed by atoms with Crippen molar-refractivity contribution in [2.24, 2.45) is 0 Å². The van der Waals surface area contributed by atoms with Crippen LogP contribution in [0, 0.1) is 0 Å². The van der Waals surface area contributed by atoms with Gasteiger partial charge in [0.15, 0.2) is 5.54 Å². The Morgan fingerprint density at radius 3 is 2.04 bits per heavy atom. The molecule has 0 heterocycles. The maximum Gasteiger partial charge on any atom is 0.415 e. The summed E-state index contributed by atoms with van der Waals surface area (Å²) in [5, 5.41) is 0. The van der Waals surface area contributed by atoms with Gasteiger partial charge in [-0.25, -0.2) is 4.79 Å². The zero-order chi connectivity index (χ0) is 19.5. The average molecular weight is 413 g/mol. The summed E-state index contributed by atoms with van der Waals surface area (Å²) in [6.07, 6.45) is 1.40. The average Bonchev–Trinajstić information content (AvgIpc) is 2.60. The molecule has 0 aliphatic heterocycles. The second-order valence-electron chi connectivity index (χ2n) is 5.05. The van der Waals surface area contributed by atoms with Crippen molar-refractivity contribution < 1.29 is 23.9 Å². The molecule has 0 aliphatic rings. The van der Waals surface area contributed by atoms with Crippen molar-refractivity contribution in [1.82, 2.24) is 9.34 Å². The van der Waals surface area contributed by atoms with E-state index in [2.05, 4.69) is 11.7 Å². The van der Waals surface area contributed by atoms with E-state index in [1.807, 2.05) is 13.8 Å². The van der Waals surface area contributed by atoms with Gasteiger partial charge < -0.3 is 9.47 Å². The molecule has 0 saturated carbocycles. The number of amides is 2. The highest BCUT2D eigenvalue weighted by Gasteiger charge is 2.38. The van der Waals surface area contributed by atoms with E-state index in [0.29, 0.717) is 13.1 Å². The van der Waals surface area contributed by atoms with Crippen molar-refractivity contribution in [2.75, 3.05) is 33.1 Å². The van der Waals surface area contributed by atoms with Gasteiger partial charge in [-0.1, -0.05) is 24.7 Å². The van der Waals surface area contributed by atoms with E-state index < -0.39 is 17.6 Å². The molecule has 0 spiro atoms. The van der Waals surface area contributed by atoms with Crippen LogP contribution in [-0.2, 0) is 30.9 Å². The first-order valence-electron chi connectivity index (χ1n) is 8.30. The summed E-state index contributed by atoms with van der Waals surface area (Å²) < 4.78 is 12.5. The van der Waals surface area contributed by atoms with E-state index in [0.717, 1.165) is 18.6 Å². The van der Waals surface area contributed by atoms with E-state index in [1.165, 1.54) is 30.3 Å². The molecule has 1 unspecified atom stereocenters. The third kappa shape index (κ3) is 7.15. The Balaban J connectivity index is 5.57. The fraction of sp³-hybridized carbons (Fsp3) is 0.800. The first kappa shape index (κ1) is 24.2. The highest BCUT2D eigenvalue weighted by molar-refractivity contribution is 8.69. The molecular weight excluding hydrogens is 383 g/mol. The van der Waals surface area contributed by atoms with Crippen LogP contribution in [0.2, 0.25) is 0 Å². The largest absolute Gasteiger partial charge is 0.469 e. The van der Waals surface area contributed by atoms with Gasteiger partial charge in [-0.3, -0.25) is 18.9 Å². The van der Waals surface area contributed by atoms with E-state index in [4.69, 9.17) is 16.5 Å². The zero-order valence-electron chi connectivity index (χ0n) is 15.6. The molecule has 0 saturated heterocycles. The molecule has 0 aromatic rings. The third-order valence-electron chi connectivity index (χ3n) is 3.41. The summed E-state index contributed by atoms with van der Waals surface area (Å²) >= 11 is 7.34. The van der Waals surface area contributed by atoms with Crippen molar-refractivity contribution >= 4 is 46.7 Å². The SMILES string of the molecule is CCCCSP(=S)(N(CC)C(=O)CCC(=O)OC)N(CC)C(=O)OC. The first-order valence-corrected chi connectivity index (χ1v) is 12.6.